The van der Waals surface area contributed by atoms with Crippen LogP contribution in [0, 0.1) is 0 Å². The number of alkyl halides is 1. The second-order valence-electron chi connectivity index (χ2n) is 6.69. The number of fused-ring (bicyclic) bond motifs is 1. The Balaban J connectivity index is 1.75. The van der Waals surface area contributed by atoms with Gasteiger partial charge in [-0.3, -0.25) is 9.59 Å². The molecule has 3 rings (SSSR count). The molecular weight excluding hydrogens is 364 g/mol. The van der Waals surface area contributed by atoms with Crippen LogP contribution in [0.3, 0.4) is 0 Å². The summed E-state index contributed by atoms with van der Waals surface area (Å²) < 4.78 is 11.0. The lowest BCUT2D eigenvalue weighted by molar-refractivity contribution is -0.134. The molecule has 4 nitrogen and oxygen atoms in total. The maximum absolute atomic E-state index is 12.5. The van der Waals surface area contributed by atoms with Crippen molar-refractivity contribution >= 4 is 29.4 Å². The van der Waals surface area contributed by atoms with Gasteiger partial charge in [0.15, 0.2) is 5.76 Å². The number of allylic oxidation sites excluding steroid dienone is 1. The minimum atomic E-state index is -0.360. The first-order chi connectivity index (χ1) is 13.0. The number of hydrogen-bond acceptors (Lipinski definition) is 4. The van der Waals surface area contributed by atoms with Gasteiger partial charge in [-0.2, -0.15) is 0 Å². The van der Waals surface area contributed by atoms with E-state index in [1.165, 1.54) is 5.56 Å². The summed E-state index contributed by atoms with van der Waals surface area (Å²) in [6.45, 7) is 4.27. The molecule has 2 aromatic rings. The van der Waals surface area contributed by atoms with Gasteiger partial charge in [-0.25, -0.2) is 0 Å². The van der Waals surface area contributed by atoms with E-state index in [4.69, 9.17) is 21.1 Å². The summed E-state index contributed by atoms with van der Waals surface area (Å²) in [6.07, 6.45) is 2.53. The first-order valence-electron chi connectivity index (χ1n) is 8.93. The fourth-order valence-electron chi connectivity index (χ4n) is 2.75. The monoisotopic (exact) mass is 384 g/mol. The molecule has 27 heavy (non-hydrogen) atoms. The van der Waals surface area contributed by atoms with Crippen molar-refractivity contribution in [2.75, 3.05) is 5.88 Å². The Morgan fingerprint density at radius 2 is 1.93 bits per heavy atom. The second kappa shape index (κ2) is 8.40. The summed E-state index contributed by atoms with van der Waals surface area (Å²) in [5.41, 5.74) is 2.59. The zero-order valence-corrected chi connectivity index (χ0v) is 16.1. The third-order valence-electron chi connectivity index (χ3n) is 4.29. The van der Waals surface area contributed by atoms with E-state index in [2.05, 4.69) is 13.8 Å². The van der Waals surface area contributed by atoms with Gasteiger partial charge in [0, 0.05) is 18.4 Å². The summed E-state index contributed by atoms with van der Waals surface area (Å²) in [7, 11) is 0. The minimum absolute atomic E-state index is 0.182. The van der Waals surface area contributed by atoms with Crippen molar-refractivity contribution in [3.05, 3.63) is 64.9 Å². The molecule has 1 aliphatic rings. The summed E-state index contributed by atoms with van der Waals surface area (Å²) in [6, 6.07) is 12.8. The predicted octanol–water partition coefficient (Wildman–Crippen LogP) is 5.35. The third kappa shape index (κ3) is 4.58. The van der Waals surface area contributed by atoms with Crippen LogP contribution in [0.2, 0.25) is 0 Å². The minimum Gasteiger partial charge on any atom is -0.452 e. The lowest BCUT2D eigenvalue weighted by Crippen LogP contribution is -2.07. The van der Waals surface area contributed by atoms with Crippen LogP contribution in [0.15, 0.2) is 48.2 Å². The number of Topliss-reactive ketones (excluding diaryl/α,β-unsaturated/α-hetero) is 1. The average molecular weight is 385 g/mol. The molecule has 2 aromatic carbocycles. The standard InChI is InChI=1S/C22H21ClO4/c1-14(2)16-7-5-15(6-8-16)12-20-22(25)18-10-9-17(13-19(18)27-20)26-21(24)4-3-11-23/h5-10,12-14H,3-4,11H2,1-2H3/b20-12-. The molecule has 1 aliphatic heterocycles. The highest BCUT2D eigenvalue weighted by molar-refractivity contribution is 6.18. The fraction of sp³-hybridized carbons (Fsp3) is 0.273. The number of benzene rings is 2. The molecule has 0 spiro atoms. The van der Waals surface area contributed by atoms with Crippen molar-refractivity contribution in [1.29, 1.82) is 0 Å². The number of halogens is 1. The Morgan fingerprint density at radius 3 is 2.59 bits per heavy atom. The van der Waals surface area contributed by atoms with Gasteiger partial charge in [-0.1, -0.05) is 38.1 Å². The Bertz CT molecular complexity index is 882. The fourth-order valence-corrected chi connectivity index (χ4v) is 2.89. The number of hydrogen-bond donors (Lipinski definition) is 0. The quantitative estimate of drug-likeness (QED) is 0.291. The number of esters is 1. The summed E-state index contributed by atoms with van der Waals surface area (Å²) >= 11 is 5.58. The molecule has 1 heterocycles. The molecule has 0 aromatic heterocycles. The lowest BCUT2D eigenvalue weighted by Gasteiger charge is -2.05. The van der Waals surface area contributed by atoms with Gasteiger partial charge in [0.2, 0.25) is 5.78 Å². The molecule has 0 N–H and O–H groups in total. The topological polar surface area (TPSA) is 52.6 Å². The number of rotatable bonds is 6. The normalized spacial score (nSPS) is 14.4. The van der Waals surface area contributed by atoms with E-state index >= 15 is 0 Å². The molecule has 0 radical (unpaired) electrons. The van der Waals surface area contributed by atoms with Crippen LogP contribution in [0.5, 0.6) is 11.5 Å². The zero-order valence-electron chi connectivity index (χ0n) is 15.3. The van der Waals surface area contributed by atoms with Crippen LogP contribution in [-0.2, 0) is 4.79 Å². The molecule has 0 unspecified atom stereocenters. The molecule has 0 bridgehead atoms. The van der Waals surface area contributed by atoms with Crippen LogP contribution in [-0.4, -0.2) is 17.6 Å². The largest absolute Gasteiger partial charge is 0.452 e. The zero-order chi connectivity index (χ0) is 19.4. The Hall–Kier alpha value is -2.59. The number of ether oxygens (including phenoxy) is 2. The lowest BCUT2D eigenvalue weighted by atomic mass is 10.0. The van der Waals surface area contributed by atoms with Crippen molar-refractivity contribution in [2.24, 2.45) is 0 Å². The first-order valence-corrected chi connectivity index (χ1v) is 9.46. The van der Waals surface area contributed by atoms with Gasteiger partial charge in [-0.05, 0) is 41.7 Å². The molecule has 0 fully saturated rings. The molecule has 0 saturated heterocycles. The number of carbonyl (C=O) groups excluding carboxylic acids is 2. The highest BCUT2D eigenvalue weighted by Gasteiger charge is 2.28. The highest BCUT2D eigenvalue weighted by atomic mass is 35.5. The molecule has 0 amide bonds. The van der Waals surface area contributed by atoms with Crippen molar-refractivity contribution in [3.63, 3.8) is 0 Å². The Morgan fingerprint density at radius 1 is 1.19 bits per heavy atom. The van der Waals surface area contributed by atoms with Crippen LogP contribution in [0.1, 0.15) is 54.1 Å². The van der Waals surface area contributed by atoms with Gasteiger partial charge >= 0.3 is 5.97 Å². The number of carbonyl (C=O) groups is 2. The Kier molecular flexibility index (Phi) is 5.97. The van der Waals surface area contributed by atoms with Crippen molar-refractivity contribution < 1.29 is 19.1 Å². The molecule has 0 atom stereocenters. The average Bonchev–Trinajstić information content (AvgIpc) is 2.95. The van der Waals surface area contributed by atoms with E-state index in [1.54, 1.807) is 24.3 Å². The van der Waals surface area contributed by atoms with Crippen molar-refractivity contribution in [3.8, 4) is 11.5 Å². The second-order valence-corrected chi connectivity index (χ2v) is 7.06. The van der Waals surface area contributed by atoms with Gasteiger partial charge < -0.3 is 9.47 Å². The van der Waals surface area contributed by atoms with Gasteiger partial charge in [0.05, 0.1) is 5.56 Å². The SMILES string of the molecule is CC(C)c1ccc(/C=C2\Oc3cc(OC(=O)CCCCl)ccc3C2=O)cc1. The first kappa shape index (κ1) is 19.2. The summed E-state index contributed by atoms with van der Waals surface area (Å²) in [5, 5.41) is 0. The van der Waals surface area contributed by atoms with E-state index in [0.29, 0.717) is 35.3 Å². The molecular formula is C22H21ClO4. The van der Waals surface area contributed by atoms with Crippen molar-refractivity contribution in [2.45, 2.75) is 32.6 Å². The van der Waals surface area contributed by atoms with Crippen molar-refractivity contribution in [1.82, 2.24) is 0 Å². The molecule has 0 saturated carbocycles. The predicted molar refractivity (Wildman–Crippen MR) is 105 cm³/mol. The van der Waals surface area contributed by atoms with Crippen LogP contribution < -0.4 is 9.47 Å². The maximum Gasteiger partial charge on any atom is 0.311 e. The van der Waals surface area contributed by atoms with Crippen LogP contribution >= 0.6 is 11.6 Å². The smallest absolute Gasteiger partial charge is 0.311 e. The summed E-state index contributed by atoms with van der Waals surface area (Å²) in [4.78, 5) is 24.3. The molecule has 0 aliphatic carbocycles. The Labute approximate surface area is 163 Å². The van der Waals surface area contributed by atoms with Crippen LogP contribution in [0.25, 0.3) is 6.08 Å². The van der Waals surface area contributed by atoms with E-state index in [0.717, 1.165) is 5.56 Å². The summed E-state index contributed by atoms with van der Waals surface area (Å²) in [5.74, 6) is 1.32. The highest BCUT2D eigenvalue weighted by Crippen LogP contribution is 2.35. The number of ketones is 1. The molecule has 5 heteroatoms. The van der Waals surface area contributed by atoms with E-state index in [-0.39, 0.29) is 23.9 Å². The maximum atomic E-state index is 12.5. The van der Waals surface area contributed by atoms with Crippen LogP contribution in [0.4, 0.5) is 0 Å². The van der Waals surface area contributed by atoms with E-state index in [1.807, 2.05) is 24.3 Å². The third-order valence-corrected chi connectivity index (χ3v) is 4.56. The van der Waals surface area contributed by atoms with E-state index < -0.39 is 0 Å². The van der Waals surface area contributed by atoms with Gasteiger partial charge in [0.25, 0.3) is 0 Å². The van der Waals surface area contributed by atoms with Gasteiger partial charge in [-0.15, -0.1) is 11.6 Å². The van der Waals surface area contributed by atoms with Gasteiger partial charge in [0.1, 0.15) is 11.5 Å². The molecule has 140 valence electrons. The van der Waals surface area contributed by atoms with E-state index in [9.17, 15) is 9.59 Å².